The first-order valence-electron chi connectivity index (χ1n) is 0. The molecule has 0 rings (SSSR count). The van der Waals surface area contributed by atoms with Crippen molar-refractivity contribution >= 4 is 0 Å². The molecule has 0 aromatic heterocycles. The van der Waals surface area contributed by atoms with Crippen molar-refractivity contribution in [2.45, 2.75) is 0 Å². The zero-order chi connectivity index (χ0) is 0. The Hall–Kier alpha value is 0.839. The van der Waals surface area contributed by atoms with Gasteiger partial charge in [-0.1, -0.05) is 0 Å². The van der Waals surface area contributed by atoms with Gasteiger partial charge in [0.05, 0.1) is 0 Å². The molecular weight excluding hydrogens is 191 g/mol. The summed E-state index contributed by atoms with van der Waals surface area (Å²) in [6, 6.07) is 0. The molecule has 0 atom stereocenters. The van der Waals surface area contributed by atoms with Crippen molar-refractivity contribution in [3.8, 4) is 0 Å². The second kappa shape index (κ2) is 331. The van der Waals surface area contributed by atoms with Crippen molar-refractivity contribution < 1.29 is 61.5 Å². The van der Waals surface area contributed by atoms with E-state index in [4.69, 9.17) is 0 Å². The first-order valence-corrected chi connectivity index (χ1v) is 0. The number of hydrogen-bond acceptors (Lipinski definition) is 5. The molecule has 50 valence electrons. The normalized spacial score (nSPS) is 0. The number of rotatable bonds is 0. The van der Waals surface area contributed by atoms with E-state index in [0.717, 1.165) is 0 Å². The Balaban J connectivity index is 0. The van der Waals surface area contributed by atoms with E-state index in [1.807, 2.05) is 0 Å². The monoisotopic (exact) mass is 196 g/mol. The van der Waals surface area contributed by atoms with E-state index in [1.165, 1.54) is 0 Å². The van der Waals surface area contributed by atoms with Crippen LogP contribution in [0, 0.1) is 0 Å². The standard InChI is InChI=1S/Co.Cr.5H2O/h;;5*1H2/q+2;+3;;;;;/p-5. The Labute approximate surface area is 62.0 Å². The SMILES string of the molecule is [Co+2].[Cr+3].[OH-].[OH-].[OH-].[OH-].[OH-]. The van der Waals surface area contributed by atoms with Gasteiger partial charge in [-0.15, -0.1) is 0 Å². The van der Waals surface area contributed by atoms with Crippen molar-refractivity contribution in [1.82, 2.24) is 0 Å². The molecule has 0 heterocycles. The summed E-state index contributed by atoms with van der Waals surface area (Å²) in [7, 11) is 0. The predicted octanol–water partition coefficient (Wildman–Crippen LogP) is -0.889. The third kappa shape index (κ3) is 228. The molecule has 0 aliphatic heterocycles. The first kappa shape index (κ1) is 521. The van der Waals surface area contributed by atoms with E-state index in [2.05, 4.69) is 0 Å². The minimum atomic E-state index is 0. The van der Waals surface area contributed by atoms with Gasteiger partial charge in [0.2, 0.25) is 0 Å². The fraction of sp³-hybridized carbons (Fsp3) is 0. The molecule has 0 unspecified atom stereocenters. The van der Waals surface area contributed by atoms with Crippen molar-refractivity contribution in [3.63, 3.8) is 0 Å². The Morgan fingerprint density at radius 2 is 0.429 bits per heavy atom. The third-order valence-corrected chi connectivity index (χ3v) is 0. The smallest absolute Gasteiger partial charge is 0.870 e. The molecule has 0 saturated carbocycles. The van der Waals surface area contributed by atoms with Crippen LogP contribution in [-0.4, -0.2) is 27.4 Å². The van der Waals surface area contributed by atoms with Crippen LogP contribution in [0.15, 0.2) is 0 Å². The summed E-state index contributed by atoms with van der Waals surface area (Å²) in [5.74, 6) is 0. The third-order valence-electron chi connectivity index (χ3n) is 0. The maximum Gasteiger partial charge on any atom is 3.00 e. The van der Waals surface area contributed by atoms with Crippen LogP contribution in [0.2, 0.25) is 0 Å². The molecular formula is H5CoCrO5. The zero-order valence-electron chi connectivity index (χ0n) is 2.98. The minimum absolute atomic E-state index is 0. The van der Waals surface area contributed by atoms with Gasteiger partial charge in [-0.2, -0.15) is 0 Å². The molecule has 5 N–H and O–H groups in total. The fourth-order valence-electron chi connectivity index (χ4n) is 0. The van der Waals surface area contributed by atoms with Crippen LogP contribution in [0.4, 0.5) is 0 Å². The zero-order valence-corrected chi connectivity index (χ0v) is 5.29. The Morgan fingerprint density at radius 1 is 0.429 bits per heavy atom. The molecule has 5 nitrogen and oxygen atoms in total. The van der Waals surface area contributed by atoms with Gasteiger partial charge in [0, 0.05) is 0 Å². The molecule has 0 saturated heterocycles. The summed E-state index contributed by atoms with van der Waals surface area (Å²) in [6.07, 6.45) is 0. The fourth-order valence-corrected chi connectivity index (χ4v) is 0. The maximum atomic E-state index is 0. The summed E-state index contributed by atoms with van der Waals surface area (Å²) in [5.41, 5.74) is 0. The average molecular weight is 196 g/mol. The molecule has 2 radical (unpaired) electrons. The van der Waals surface area contributed by atoms with Gasteiger partial charge in [-0.3, -0.25) is 0 Å². The second-order valence-electron chi connectivity index (χ2n) is 0. The van der Waals surface area contributed by atoms with Gasteiger partial charge in [0.15, 0.2) is 0 Å². The van der Waals surface area contributed by atoms with Gasteiger partial charge in [-0.05, 0) is 0 Å². The van der Waals surface area contributed by atoms with Crippen LogP contribution in [0.5, 0.6) is 0 Å². The van der Waals surface area contributed by atoms with Crippen molar-refractivity contribution in [2.24, 2.45) is 0 Å². The molecule has 0 aromatic rings. The maximum absolute atomic E-state index is 0. The molecule has 0 amide bonds. The summed E-state index contributed by atoms with van der Waals surface area (Å²) in [6.45, 7) is 0. The van der Waals surface area contributed by atoms with Crippen LogP contribution >= 0.6 is 0 Å². The molecule has 0 bridgehead atoms. The van der Waals surface area contributed by atoms with Gasteiger partial charge >= 0.3 is 34.1 Å². The van der Waals surface area contributed by atoms with Crippen LogP contribution in [0.25, 0.3) is 0 Å². The van der Waals surface area contributed by atoms with Gasteiger partial charge in [0.1, 0.15) is 0 Å². The van der Waals surface area contributed by atoms with Gasteiger partial charge < -0.3 is 27.4 Å². The van der Waals surface area contributed by atoms with E-state index < -0.39 is 0 Å². The molecule has 0 fully saturated rings. The van der Waals surface area contributed by atoms with Crippen LogP contribution < -0.4 is 0 Å². The van der Waals surface area contributed by atoms with Gasteiger partial charge in [0.25, 0.3) is 0 Å². The molecule has 0 aliphatic carbocycles. The van der Waals surface area contributed by atoms with Gasteiger partial charge in [-0.25, -0.2) is 0 Å². The molecule has 7 heteroatoms. The molecule has 0 aliphatic rings. The van der Waals surface area contributed by atoms with E-state index in [1.54, 1.807) is 0 Å². The minimum Gasteiger partial charge on any atom is -0.870 e. The largest absolute Gasteiger partial charge is 3.00 e. The average Bonchev–Trinajstić information content (AvgIpc) is 0. The quantitative estimate of drug-likeness (QED) is 0.492. The van der Waals surface area contributed by atoms with Crippen LogP contribution in [0.1, 0.15) is 0 Å². The Morgan fingerprint density at radius 3 is 0.429 bits per heavy atom. The predicted molar refractivity (Wildman–Crippen MR) is 9.68 cm³/mol. The van der Waals surface area contributed by atoms with Crippen molar-refractivity contribution in [1.29, 1.82) is 0 Å². The second-order valence-corrected chi connectivity index (χ2v) is 0. The summed E-state index contributed by atoms with van der Waals surface area (Å²) >= 11 is 0. The van der Waals surface area contributed by atoms with E-state index in [0.29, 0.717) is 0 Å². The van der Waals surface area contributed by atoms with Crippen LogP contribution in [-0.2, 0) is 34.1 Å². The van der Waals surface area contributed by atoms with E-state index >= 15 is 0 Å². The molecule has 7 heavy (non-hydrogen) atoms. The van der Waals surface area contributed by atoms with Crippen molar-refractivity contribution in [3.05, 3.63) is 0 Å². The summed E-state index contributed by atoms with van der Waals surface area (Å²) in [5, 5.41) is 0. The summed E-state index contributed by atoms with van der Waals surface area (Å²) < 4.78 is 0. The first-order chi connectivity index (χ1) is 0. The molecule has 0 spiro atoms. The topological polar surface area (TPSA) is 150 Å². The van der Waals surface area contributed by atoms with E-state index in [-0.39, 0.29) is 61.5 Å². The van der Waals surface area contributed by atoms with Crippen molar-refractivity contribution in [2.75, 3.05) is 0 Å². The molecule has 0 aromatic carbocycles. The summed E-state index contributed by atoms with van der Waals surface area (Å²) in [4.78, 5) is 0. The van der Waals surface area contributed by atoms with Crippen LogP contribution in [0.3, 0.4) is 0 Å². The van der Waals surface area contributed by atoms with E-state index in [9.17, 15) is 0 Å². The Kier molecular flexibility index (Phi) is 24700. The Bertz CT molecular complexity index is 8.04. The number of hydrogen-bond donors (Lipinski definition) is 0.